The highest BCUT2D eigenvalue weighted by atomic mass is 35.5. The number of aryl methyl sites for hydroxylation is 1. The number of fused-ring (bicyclic) bond motifs is 1. The second kappa shape index (κ2) is 7.27. The van der Waals surface area contributed by atoms with E-state index in [-0.39, 0.29) is 25.0 Å². The molecule has 3 amide bonds. The van der Waals surface area contributed by atoms with Crippen molar-refractivity contribution in [2.75, 3.05) is 25.5 Å². The lowest BCUT2D eigenvalue weighted by Gasteiger charge is -2.33. The van der Waals surface area contributed by atoms with Gasteiger partial charge in [0.15, 0.2) is 0 Å². The fourth-order valence-electron chi connectivity index (χ4n) is 5.25. The fourth-order valence-corrected chi connectivity index (χ4v) is 5.52. The van der Waals surface area contributed by atoms with E-state index < -0.39 is 35.5 Å². The van der Waals surface area contributed by atoms with Crippen molar-refractivity contribution in [1.82, 2.24) is 10.2 Å². The Hall–Kier alpha value is -2.16. The Morgan fingerprint density at radius 2 is 2.14 bits per heavy atom. The first-order valence-corrected chi connectivity index (χ1v) is 10.1. The minimum Gasteiger partial charge on any atom is -0.395 e. The number of anilines is 1. The molecule has 2 bridgehead atoms. The van der Waals surface area contributed by atoms with E-state index in [0.29, 0.717) is 23.6 Å². The molecule has 8 nitrogen and oxygen atoms in total. The predicted octanol–water partition coefficient (Wildman–Crippen LogP) is 0.700. The van der Waals surface area contributed by atoms with Gasteiger partial charge < -0.3 is 25.4 Å². The molecule has 3 fully saturated rings. The number of likely N-dealkylation sites (tertiary alicyclic amines) is 1. The molecule has 0 radical (unpaired) electrons. The van der Waals surface area contributed by atoms with Crippen molar-refractivity contribution in [2.45, 2.75) is 37.5 Å². The van der Waals surface area contributed by atoms with Gasteiger partial charge in [-0.3, -0.25) is 14.4 Å². The van der Waals surface area contributed by atoms with Crippen LogP contribution in [0.3, 0.4) is 0 Å². The summed E-state index contributed by atoms with van der Waals surface area (Å²) in [5, 5.41) is 15.4. The number of nitrogens with one attached hydrogen (secondary N) is 2. The van der Waals surface area contributed by atoms with Crippen LogP contribution in [0, 0.1) is 18.8 Å². The summed E-state index contributed by atoms with van der Waals surface area (Å²) in [6, 6.07) is 4.35. The number of para-hydroxylation sites is 1. The zero-order chi connectivity index (χ0) is 20.9. The second-order valence-corrected chi connectivity index (χ2v) is 8.25. The zero-order valence-corrected chi connectivity index (χ0v) is 17.0. The average molecular weight is 422 g/mol. The Balaban J connectivity index is 1.72. The number of aliphatic hydroxyl groups is 1. The number of carbonyl (C=O) groups is 3. The van der Waals surface area contributed by atoms with Crippen molar-refractivity contribution < 1.29 is 24.2 Å². The summed E-state index contributed by atoms with van der Waals surface area (Å²) in [6.07, 6.45) is 0.713. The van der Waals surface area contributed by atoms with Gasteiger partial charge in [-0.05, 0) is 31.4 Å². The molecule has 2 unspecified atom stereocenters. The summed E-state index contributed by atoms with van der Waals surface area (Å²) >= 11 is 6.26. The van der Waals surface area contributed by atoms with Crippen LogP contribution in [0.15, 0.2) is 18.2 Å². The summed E-state index contributed by atoms with van der Waals surface area (Å²) < 4.78 is 6.20. The standard InChI is InChI=1S/C20H24ClN3O5/c1-10-4-3-5-11(21)15(10)23-18(27)16-20-7-6-12(29-20)13(17(26)22-2)14(20)19(28)24(16)8-9-25/h3-5,12-14,16,25H,6-9H2,1-2H3,(H,22,26)(H,23,27)/t12-,13+,14+,16?,20?/m1/s1. The van der Waals surface area contributed by atoms with Crippen molar-refractivity contribution in [3.05, 3.63) is 28.8 Å². The maximum Gasteiger partial charge on any atom is 0.250 e. The van der Waals surface area contributed by atoms with E-state index in [4.69, 9.17) is 16.3 Å². The topological polar surface area (TPSA) is 108 Å². The van der Waals surface area contributed by atoms with Gasteiger partial charge in [0.2, 0.25) is 17.7 Å². The number of rotatable bonds is 5. The molecule has 3 saturated heterocycles. The lowest BCUT2D eigenvalue weighted by atomic mass is 9.70. The van der Waals surface area contributed by atoms with Gasteiger partial charge in [-0.2, -0.15) is 0 Å². The first-order chi connectivity index (χ1) is 13.9. The van der Waals surface area contributed by atoms with Crippen LogP contribution in [0.4, 0.5) is 5.69 Å². The van der Waals surface area contributed by atoms with E-state index in [1.807, 2.05) is 13.0 Å². The molecule has 3 aliphatic rings. The molecule has 3 N–H and O–H groups in total. The van der Waals surface area contributed by atoms with Gasteiger partial charge in [-0.25, -0.2) is 0 Å². The van der Waals surface area contributed by atoms with E-state index in [0.717, 1.165) is 5.56 Å². The van der Waals surface area contributed by atoms with Gasteiger partial charge in [0.05, 0.1) is 35.3 Å². The molecule has 0 aliphatic carbocycles. The Morgan fingerprint density at radius 1 is 1.38 bits per heavy atom. The van der Waals surface area contributed by atoms with E-state index in [2.05, 4.69) is 10.6 Å². The third-order valence-corrected chi connectivity index (χ3v) is 6.72. The molecule has 4 rings (SSSR count). The fraction of sp³-hybridized carbons (Fsp3) is 0.550. The van der Waals surface area contributed by atoms with Gasteiger partial charge in [-0.1, -0.05) is 23.7 Å². The maximum atomic E-state index is 13.4. The van der Waals surface area contributed by atoms with Gasteiger partial charge in [0.1, 0.15) is 11.6 Å². The van der Waals surface area contributed by atoms with E-state index in [1.54, 1.807) is 12.1 Å². The molecule has 5 atom stereocenters. The summed E-state index contributed by atoms with van der Waals surface area (Å²) in [7, 11) is 1.52. The number of hydrogen-bond donors (Lipinski definition) is 3. The minimum atomic E-state index is -1.08. The van der Waals surface area contributed by atoms with E-state index in [1.165, 1.54) is 11.9 Å². The van der Waals surface area contributed by atoms with Gasteiger partial charge >= 0.3 is 0 Å². The SMILES string of the molecule is CNC(=O)[C@@H]1[C@H]2C(=O)N(CCO)C(C(=O)Nc3c(C)cccc3Cl)C23CC[C@H]1O3. The van der Waals surface area contributed by atoms with E-state index in [9.17, 15) is 19.5 Å². The molecule has 1 spiro atoms. The number of amides is 3. The Bertz CT molecular complexity index is 857. The third kappa shape index (κ3) is 2.85. The lowest BCUT2D eigenvalue weighted by molar-refractivity contribution is -0.141. The van der Waals surface area contributed by atoms with Crippen LogP contribution in [0.1, 0.15) is 18.4 Å². The van der Waals surface area contributed by atoms with Crippen LogP contribution in [-0.2, 0) is 19.1 Å². The molecule has 156 valence electrons. The van der Waals surface area contributed by atoms with Gasteiger partial charge in [-0.15, -0.1) is 0 Å². The molecular formula is C20H24ClN3O5. The number of nitrogens with zero attached hydrogens (tertiary/aromatic N) is 1. The second-order valence-electron chi connectivity index (χ2n) is 7.85. The van der Waals surface area contributed by atoms with Crippen LogP contribution >= 0.6 is 11.6 Å². The number of carbonyl (C=O) groups excluding carboxylic acids is 3. The van der Waals surface area contributed by atoms with Crippen LogP contribution in [-0.4, -0.2) is 65.7 Å². The lowest BCUT2D eigenvalue weighted by Crippen LogP contribution is -2.53. The third-order valence-electron chi connectivity index (χ3n) is 6.41. The van der Waals surface area contributed by atoms with Crippen molar-refractivity contribution >= 4 is 35.0 Å². The molecule has 0 saturated carbocycles. The van der Waals surface area contributed by atoms with Crippen LogP contribution in [0.5, 0.6) is 0 Å². The number of benzene rings is 1. The molecule has 0 aromatic heterocycles. The molecule has 9 heteroatoms. The Labute approximate surface area is 173 Å². The van der Waals surface area contributed by atoms with E-state index >= 15 is 0 Å². The molecular weight excluding hydrogens is 398 g/mol. The first-order valence-electron chi connectivity index (χ1n) is 9.72. The summed E-state index contributed by atoms with van der Waals surface area (Å²) in [6.45, 7) is 1.52. The van der Waals surface area contributed by atoms with Crippen molar-refractivity contribution in [3.8, 4) is 0 Å². The summed E-state index contributed by atoms with van der Waals surface area (Å²) in [4.78, 5) is 40.5. The largest absolute Gasteiger partial charge is 0.395 e. The molecule has 29 heavy (non-hydrogen) atoms. The molecule has 3 aliphatic heterocycles. The van der Waals surface area contributed by atoms with Crippen LogP contribution < -0.4 is 10.6 Å². The molecule has 1 aromatic rings. The molecule has 1 aromatic carbocycles. The Kier molecular flexibility index (Phi) is 5.04. The van der Waals surface area contributed by atoms with Gasteiger partial charge in [0, 0.05) is 13.6 Å². The monoisotopic (exact) mass is 421 g/mol. The normalized spacial score (nSPS) is 32.4. The maximum absolute atomic E-state index is 13.4. The Morgan fingerprint density at radius 3 is 2.79 bits per heavy atom. The highest BCUT2D eigenvalue weighted by molar-refractivity contribution is 6.34. The zero-order valence-electron chi connectivity index (χ0n) is 16.3. The smallest absolute Gasteiger partial charge is 0.250 e. The van der Waals surface area contributed by atoms with Crippen molar-refractivity contribution in [2.24, 2.45) is 11.8 Å². The van der Waals surface area contributed by atoms with Crippen LogP contribution in [0.2, 0.25) is 5.02 Å². The summed E-state index contributed by atoms with van der Waals surface area (Å²) in [5.41, 5.74) is 0.191. The highest BCUT2D eigenvalue weighted by Crippen LogP contribution is 2.58. The number of halogens is 1. The van der Waals surface area contributed by atoms with Crippen molar-refractivity contribution in [3.63, 3.8) is 0 Å². The minimum absolute atomic E-state index is 0.00877. The molecule has 3 heterocycles. The number of aliphatic hydroxyl groups excluding tert-OH is 1. The number of β-amino-alcohol motifs (C(OH)–C–C–N with tert-alkyl or cyclic N) is 1. The van der Waals surface area contributed by atoms with Crippen LogP contribution in [0.25, 0.3) is 0 Å². The first kappa shape index (κ1) is 20.1. The number of hydrogen-bond acceptors (Lipinski definition) is 5. The van der Waals surface area contributed by atoms with Crippen molar-refractivity contribution in [1.29, 1.82) is 0 Å². The average Bonchev–Trinajstić information content (AvgIpc) is 3.32. The number of ether oxygens (including phenoxy) is 1. The predicted molar refractivity (Wildman–Crippen MR) is 105 cm³/mol. The quantitative estimate of drug-likeness (QED) is 0.648. The summed E-state index contributed by atoms with van der Waals surface area (Å²) in [5.74, 6) is -2.39. The van der Waals surface area contributed by atoms with Gasteiger partial charge in [0.25, 0.3) is 0 Å². The highest BCUT2D eigenvalue weighted by Gasteiger charge is 2.74.